The minimum atomic E-state index is -3.72. The fraction of sp³-hybridized carbons (Fsp3) is 0.474. The highest BCUT2D eigenvalue weighted by atomic mass is 35.5. The molecule has 1 aliphatic rings. The number of nitrogens with one attached hydrogen (secondary N) is 1. The van der Waals surface area contributed by atoms with Crippen molar-refractivity contribution in [3.8, 4) is 0 Å². The zero-order valence-electron chi connectivity index (χ0n) is 16.4. The predicted molar refractivity (Wildman–Crippen MR) is 109 cm³/mol. The molecule has 1 heterocycles. The highest BCUT2D eigenvalue weighted by molar-refractivity contribution is 7.89. The third-order valence-corrected chi connectivity index (χ3v) is 7.33. The smallest absolute Gasteiger partial charge is 0.258 e. The van der Waals surface area contributed by atoms with Crippen LogP contribution in [0.4, 0.5) is 5.82 Å². The SMILES string of the molecule is Cc1cnn(CC2CC2)c1NC(=O)c1cc(S(=O)(=O)N(C)C(C)C)ccc1Cl. The Bertz CT molecular complexity index is 997. The molecule has 0 atom stereocenters. The number of sulfonamides is 1. The summed E-state index contributed by atoms with van der Waals surface area (Å²) in [7, 11) is -2.21. The van der Waals surface area contributed by atoms with Gasteiger partial charge in [0.25, 0.3) is 5.91 Å². The number of hydrogen-bond donors (Lipinski definition) is 1. The number of halogens is 1. The van der Waals surface area contributed by atoms with Crippen LogP contribution in [-0.4, -0.2) is 41.5 Å². The largest absolute Gasteiger partial charge is 0.307 e. The summed E-state index contributed by atoms with van der Waals surface area (Å²) in [5, 5.41) is 7.37. The van der Waals surface area contributed by atoms with Crippen molar-refractivity contribution in [1.82, 2.24) is 14.1 Å². The molecular formula is C19H25ClN4O3S. The second kappa shape index (κ2) is 7.85. The van der Waals surface area contributed by atoms with Crippen LogP contribution in [0.3, 0.4) is 0 Å². The summed E-state index contributed by atoms with van der Waals surface area (Å²) >= 11 is 6.21. The quantitative estimate of drug-likeness (QED) is 0.736. The Hall–Kier alpha value is -1.90. The van der Waals surface area contributed by atoms with Gasteiger partial charge in [0.05, 0.1) is 21.7 Å². The molecule has 0 bridgehead atoms. The minimum Gasteiger partial charge on any atom is -0.307 e. The molecule has 1 aromatic carbocycles. The summed E-state index contributed by atoms with van der Waals surface area (Å²) in [6.45, 7) is 6.19. The van der Waals surface area contributed by atoms with Crippen molar-refractivity contribution in [2.75, 3.05) is 12.4 Å². The summed E-state index contributed by atoms with van der Waals surface area (Å²) in [6.07, 6.45) is 4.04. The molecule has 9 heteroatoms. The number of hydrogen-bond acceptors (Lipinski definition) is 4. The third-order valence-electron chi connectivity index (χ3n) is 4.97. The summed E-state index contributed by atoms with van der Waals surface area (Å²) in [6, 6.07) is 3.96. The topological polar surface area (TPSA) is 84.3 Å². The molecule has 0 saturated heterocycles. The summed E-state index contributed by atoms with van der Waals surface area (Å²) < 4.78 is 28.5. The van der Waals surface area contributed by atoms with Gasteiger partial charge in [-0.25, -0.2) is 13.1 Å². The molecule has 1 aromatic heterocycles. The molecule has 1 saturated carbocycles. The first-order chi connectivity index (χ1) is 13.1. The maximum atomic E-state index is 12.9. The highest BCUT2D eigenvalue weighted by Crippen LogP contribution is 2.32. The maximum absolute atomic E-state index is 12.9. The Balaban J connectivity index is 1.89. The van der Waals surface area contributed by atoms with Crippen LogP contribution in [0.1, 0.15) is 42.6 Å². The number of aryl methyl sites for hydroxylation is 1. The Kier molecular flexibility index (Phi) is 5.84. The van der Waals surface area contributed by atoms with Gasteiger partial charge >= 0.3 is 0 Å². The molecule has 0 spiro atoms. The van der Waals surface area contributed by atoms with E-state index in [-0.39, 0.29) is 21.5 Å². The number of anilines is 1. The van der Waals surface area contributed by atoms with E-state index >= 15 is 0 Å². The lowest BCUT2D eigenvalue weighted by molar-refractivity contribution is 0.102. The van der Waals surface area contributed by atoms with Crippen LogP contribution in [0.25, 0.3) is 0 Å². The first-order valence-corrected chi connectivity index (χ1v) is 11.0. The van der Waals surface area contributed by atoms with Crippen molar-refractivity contribution in [2.45, 2.75) is 51.1 Å². The molecule has 1 aliphatic carbocycles. The fourth-order valence-corrected chi connectivity index (χ4v) is 4.38. The van der Waals surface area contributed by atoms with E-state index in [9.17, 15) is 13.2 Å². The van der Waals surface area contributed by atoms with E-state index in [1.165, 1.54) is 42.4 Å². The van der Waals surface area contributed by atoms with Crippen LogP contribution in [0.5, 0.6) is 0 Å². The standard InChI is InChI=1S/C19H25ClN4O3S/c1-12(2)23(4)28(26,27)15-7-8-17(20)16(9-15)19(25)22-18-13(3)10-21-24(18)11-14-5-6-14/h7-10,12,14H,5-6,11H2,1-4H3,(H,22,25). The second-order valence-electron chi connectivity index (χ2n) is 7.51. The Morgan fingerprint density at radius 1 is 1.39 bits per heavy atom. The molecule has 0 unspecified atom stereocenters. The van der Waals surface area contributed by atoms with Crippen LogP contribution >= 0.6 is 11.6 Å². The lowest BCUT2D eigenvalue weighted by atomic mass is 10.2. The van der Waals surface area contributed by atoms with E-state index in [0.717, 1.165) is 12.1 Å². The zero-order valence-corrected chi connectivity index (χ0v) is 18.0. The number of aromatic nitrogens is 2. The van der Waals surface area contributed by atoms with Crippen LogP contribution in [0, 0.1) is 12.8 Å². The van der Waals surface area contributed by atoms with Gasteiger partial charge in [0.15, 0.2) is 0 Å². The maximum Gasteiger partial charge on any atom is 0.258 e. The molecule has 1 fully saturated rings. The molecule has 7 nitrogen and oxygen atoms in total. The predicted octanol–water partition coefficient (Wildman–Crippen LogP) is 3.54. The number of nitrogens with zero attached hydrogens (tertiary/aromatic N) is 3. The lowest BCUT2D eigenvalue weighted by Gasteiger charge is -2.21. The minimum absolute atomic E-state index is 0.0291. The van der Waals surface area contributed by atoms with Crippen LogP contribution in [0.15, 0.2) is 29.3 Å². The van der Waals surface area contributed by atoms with Gasteiger partial charge in [-0.15, -0.1) is 0 Å². The first kappa shape index (κ1) is 20.8. The molecule has 1 N–H and O–H groups in total. The van der Waals surface area contributed by atoms with Gasteiger partial charge in [0, 0.05) is 25.2 Å². The van der Waals surface area contributed by atoms with E-state index in [2.05, 4.69) is 10.4 Å². The highest BCUT2D eigenvalue weighted by Gasteiger charge is 2.27. The van der Waals surface area contributed by atoms with E-state index in [1.54, 1.807) is 24.7 Å². The van der Waals surface area contributed by atoms with Gasteiger partial charge in [-0.3, -0.25) is 4.79 Å². The van der Waals surface area contributed by atoms with Gasteiger partial charge in [-0.05, 0) is 57.7 Å². The molecule has 3 rings (SSSR count). The summed E-state index contributed by atoms with van der Waals surface area (Å²) in [5.74, 6) is 0.744. The van der Waals surface area contributed by atoms with E-state index in [0.29, 0.717) is 11.7 Å². The van der Waals surface area contributed by atoms with Gasteiger partial charge in [0.2, 0.25) is 10.0 Å². The number of carbonyl (C=O) groups excluding carboxylic acids is 1. The average Bonchev–Trinajstić information content (AvgIpc) is 3.40. The Labute approximate surface area is 170 Å². The average molecular weight is 425 g/mol. The lowest BCUT2D eigenvalue weighted by Crippen LogP contribution is -2.33. The van der Waals surface area contributed by atoms with Crippen molar-refractivity contribution < 1.29 is 13.2 Å². The molecule has 28 heavy (non-hydrogen) atoms. The second-order valence-corrected chi connectivity index (χ2v) is 9.92. The van der Waals surface area contributed by atoms with Crippen molar-refractivity contribution >= 4 is 33.3 Å². The van der Waals surface area contributed by atoms with Gasteiger partial charge in [-0.2, -0.15) is 9.40 Å². The Morgan fingerprint density at radius 3 is 2.68 bits per heavy atom. The molecule has 1 amide bonds. The molecular weight excluding hydrogens is 400 g/mol. The number of carbonyl (C=O) groups is 1. The molecule has 2 aromatic rings. The van der Waals surface area contributed by atoms with E-state index in [1.807, 2.05) is 6.92 Å². The zero-order chi connectivity index (χ0) is 20.6. The van der Waals surface area contributed by atoms with Crippen LogP contribution in [0.2, 0.25) is 5.02 Å². The van der Waals surface area contributed by atoms with Crippen LogP contribution < -0.4 is 5.32 Å². The normalized spacial score (nSPS) is 14.7. The number of amides is 1. The Morgan fingerprint density at radius 2 is 2.07 bits per heavy atom. The van der Waals surface area contributed by atoms with Crippen molar-refractivity contribution in [3.63, 3.8) is 0 Å². The number of benzene rings is 1. The van der Waals surface area contributed by atoms with Gasteiger partial charge in [-0.1, -0.05) is 11.6 Å². The molecule has 152 valence electrons. The number of rotatable bonds is 7. The van der Waals surface area contributed by atoms with Gasteiger partial charge in [0.1, 0.15) is 5.82 Å². The summed E-state index contributed by atoms with van der Waals surface area (Å²) in [5.41, 5.74) is 0.951. The third kappa shape index (κ3) is 4.24. The van der Waals surface area contributed by atoms with E-state index in [4.69, 9.17) is 11.6 Å². The van der Waals surface area contributed by atoms with Crippen molar-refractivity contribution in [3.05, 3.63) is 40.5 Å². The van der Waals surface area contributed by atoms with E-state index < -0.39 is 15.9 Å². The van der Waals surface area contributed by atoms with Crippen molar-refractivity contribution in [1.29, 1.82) is 0 Å². The monoisotopic (exact) mass is 424 g/mol. The fourth-order valence-electron chi connectivity index (χ4n) is 2.78. The molecule has 0 radical (unpaired) electrons. The summed E-state index contributed by atoms with van der Waals surface area (Å²) in [4.78, 5) is 12.9. The van der Waals surface area contributed by atoms with Crippen molar-refractivity contribution in [2.24, 2.45) is 5.92 Å². The van der Waals surface area contributed by atoms with Crippen LogP contribution in [-0.2, 0) is 16.6 Å². The molecule has 0 aliphatic heterocycles. The van der Waals surface area contributed by atoms with Gasteiger partial charge < -0.3 is 5.32 Å². The first-order valence-electron chi connectivity index (χ1n) is 9.22.